The molecule has 0 spiro atoms. The van der Waals surface area contributed by atoms with Crippen LogP contribution < -0.4 is 0 Å². The summed E-state index contributed by atoms with van der Waals surface area (Å²) in [5, 5.41) is 0.276. The van der Waals surface area contributed by atoms with Gasteiger partial charge in [0.25, 0.3) is 0 Å². The number of hydrogen-bond donors (Lipinski definition) is 0. The van der Waals surface area contributed by atoms with Crippen LogP contribution in [0.2, 0.25) is 0 Å². The van der Waals surface area contributed by atoms with Gasteiger partial charge in [0.15, 0.2) is 5.82 Å². The van der Waals surface area contributed by atoms with Crippen molar-refractivity contribution >= 4 is 17.7 Å². The van der Waals surface area contributed by atoms with Gasteiger partial charge < -0.3 is 4.90 Å². The van der Waals surface area contributed by atoms with Crippen molar-refractivity contribution in [3.8, 4) is 0 Å². The first kappa shape index (κ1) is 13.1. The van der Waals surface area contributed by atoms with Crippen molar-refractivity contribution < 1.29 is 9.18 Å². The van der Waals surface area contributed by atoms with Crippen LogP contribution in [-0.2, 0) is 17.9 Å². The highest BCUT2D eigenvalue weighted by molar-refractivity contribution is 7.99. The Bertz CT molecular complexity index is 622. The lowest BCUT2D eigenvalue weighted by atomic mass is 10.1. The molecule has 3 nitrogen and oxygen atoms in total. The average molecular weight is 288 g/mol. The monoisotopic (exact) mass is 288 g/mol. The van der Waals surface area contributed by atoms with Gasteiger partial charge in [-0.15, -0.1) is 0 Å². The number of benzene rings is 1. The van der Waals surface area contributed by atoms with Crippen LogP contribution in [0.4, 0.5) is 4.39 Å². The number of fused-ring (bicyclic) bond motifs is 1. The van der Waals surface area contributed by atoms with Gasteiger partial charge in [-0.1, -0.05) is 36.0 Å². The Morgan fingerprint density at radius 1 is 1.20 bits per heavy atom. The van der Waals surface area contributed by atoms with E-state index >= 15 is 0 Å². The minimum Gasteiger partial charge on any atom is -0.333 e. The molecule has 0 N–H and O–H groups in total. The fourth-order valence-corrected chi connectivity index (χ4v) is 2.99. The van der Waals surface area contributed by atoms with E-state index in [1.165, 1.54) is 23.4 Å². The molecule has 1 amide bonds. The van der Waals surface area contributed by atoms with E-state index in [1.807, 2.05) is 24.3 Å². The number of rotatable bonds is 3. The second-order valence-corrected chi connectivity index (χ2v) is 5.56. The van der Waals surface area contributed by atoms with E-state index in [-0.39, 0.29) is 22.5 Å². The third-order valence-electron chi connectivity index (χ3n) is 3.25. The number of aromatic nitrogens is 1. The summed E-state index contributed by atoms with van der Waals surface area (Å²) in [5.41, 5.74) is 2.38. The number of nitrogens with zero attached hydrogens (tertiary/aromatic N) is 2. The van der Waals surface area contributed by atoms with E-state index in [0.29, 0.717) is 13.1 Å². The predicted molar refractivity (Wildman–Crippen MR) is 75.6 cm³/mol. The Morgan fingerprint density at radius 3 is 2.55 bits per heavy atom. The predicted octanol–water partition coefficient (Wildman–Crippen LogP) is 2.86. The Morgan fingerprint density at radius 2 is 1.90 bits per heavy atom. The molecule has 0 unspecified atom stereocenters. The SMILES string of the molecule is O=C(CSc1ncccc1F)N1Cc2ccccc2C1. The molecule has 0 fully saturated rings. The van der Waals surface area contributed by atoms with Crippen molar-refractivity contribution in [1.82, 2.24) is 9.88 Å². The molecule has 3 rings (SSSR count). The summed E-state index contributed by atoms with van der Waals surface area (Å²) in [4.78, 5) is 17.9. The molecule has 1 aromatic carbocycles. The Hall–Kier alpha value is -1.88. The maximum Gasteiger partial charge on any atom is 0.233 e. The summed E-state index contributed by atoms with van der Waals surface area (Å²) in [6.45, 7) is 1.28. The maximum atomic E-state index is 13.4. The van der Waals surface area contributed by atoms with E-state index in [2.05, 4.69) is 4.98 Å². The number of halogens is 1. The molecule has 5 heteroatoms. The zero-order valence-electron chi connectivity index (χ0n) is 10.8. The van der Waals surface area contributed by atoms with Crippen LogP contribution in [0.15, 0.2) is 47.6 Å². The molecule has 2 aromatic rings. The molecule has 102 valence electrons. The van der Waals surface area contributed by atoms with Gasteiger partial charge in [0.05, 0.1) is 5.75 Å². The lowest BCUT2D eigenvalue weighted by Crippen LogP contribution is -2.27. The summed E-state index contributed by atoms with van der Waals surface area (Å²) in [6.07, 6.45) is 1.53. The van der Waals surface area contributed by atoms with Gasteiger partial charge >= 0.3 is 0 Å². The van der Waals surface area contributed by atoms with Crippen LogP contribution in [0.5, 0.6) is 0 Å². The average Bonchev–Trinajstić information content (AvgIpc) is 2.90. The van der Waals surface area contributed by atoms with Gasteiger partial charge in [0.2, 0.25) is 5.91 Å². The molecule has 2 heterocycles. The topological polar surface area (TPSA) is 33.2 Å². The Balaban J connectivity index is 1.61. The molecule has 0 saturated carbocycles. The van der Waals surface area contributed by atoms with Gasteiger partial charge in [-0.05, 0) is 23.3 Å². The molecule has 20 heavy (non-hydrogen) atoms. The molecule has 0 bridgehead atoms. The van der Waals surface area contributed by atoms with Gasteiger partial charge in [0.1, 0.15) is 5.03 Å². The largest absolute Gasteiger partial charge is 0.333 e. The fourth-order valence-electron chi connectivity index (χ4n) is 2.21. The van der Waals surface area contributed by atoms with Crippen LogP contribution in [0.25, 0.3) is 0 Å². The van der Waals surface area contributed by atoms with E-state index in [9.17, 15) is 9.18 Å². The highest BCUT2D eigenvalue weighted by Gasteiger charge is 2.23. The maximum absolute atomic E-state index is 13.4. The molecule has 0 aliphatic carbocycles. The number of carbonyl (C=O) groups is 1. The van der Waals surface area contributed by atoms with Gasteiger partial charge in [-0.3, -0.25) is 4.79 Å². The van der Waals surface area contributed by atoms with Crippen molar-refractivity contribution in [2.45, 2.75) is 18.1 Å². The lowest BCUT2D eigenvalue weighted by molar-refractivity contribution is -0.128. The quantitative estimate of drug-likeness (QED) is 0.814. The van der Waals surface area contributed by atoms with Crippen molar-refractivity contribution in [2.24, 2.45) is 0 Å². The zero-order valence-corrected chi connectivity index (χ0v) is 11.6. The van der Waals surface area contributed by atoms with Crippen molar-refractivity contribution in [3.63, 3.8) is 0 Å². The molecule has 1 aliphatic heterocycles. The van der Waals surface area contributed by atoms with Gasteiger partial charge in [-0.2, -0.15) is 0 Å². The van der Waals surface area contributed by atoms with E-state index < -0.39 is 0 Å². The zero-order chi connectivity index (χ0) is 13.9. The third-order valence-corrected chi connectivity index (χ3v) is 4.22. The number of hydrogen-bond acceptors (Lipinski definition) is 3. The van der Waals surface area contributed by atoms with Crippen molar-refractivity contribution in [1.29, 1.82) is 0 Å². The summed E-state index contributed by atoms with van der Waals surface area (Å²) >= 11 is 1.14. The lowest BCUT2D eigenvalue weighted by Gasteiger charge is -2.14. The van der Waals surface area contributed by atoms with Crippen molar-refractivity contribution in [3.05, 3.63) is 59.5 Å². The summed E-state index contributed by atoms with van der Waals surface area (Å²) < 4.78 is 13.4. The number of carbonyl (C=O) groups excluding carboxylic acids is 1. The first-order chi connectivity index (χ1) is 9.74. The smallest absolute Gasteiger partial charge is 0.233 e. The standard InChI is InChI=1S/C15H13FN2OS/c16-13-6-3-7-17-15(13)20-10-14(19)18-8-11-4-1-2-5-12(11)9-18/h1-7H,8-10H2. The molecule has 0 radical (unpaired) electrons. The summed E-state index contributed by atoms with van der Waals surface area (Å²) in [6, 6.07) is 10.9. The minimum absolute atomic E-state index is 0.0104. The second-order valence-electron chi connectivity index (χ2n) is 4.60. The number of amides is 1. The van der Waals surface area contributed by atoms with E-state index in [1.54, 1.807) is 11.0 Å². The highest BCUT2D eigenvalue weighted by Crippen LogP contribution is 2.24. The van der Waals surface area contributed by atoms with Crippen LogP contribution in [0.1, 0.15) is 11.1 Å². The van der Waals surface area contributed by atoms with Crippen LogP contribution >= 0.6 is 11.8 Å². The molecule has 1 aromatic heterocycles. The second kappa shape index (κ2) is 5.63. The summed E-state index contributed by atoms with van der Waals surface area (Å²) in [7, 11) is 0. The van der Waals surface area contributed by atoms with E-state index in [4.69, 9.17) is 0 Å². The summed E-state index contributed by atoms with van der Waals surface area (Å²) in [5.74, 6) is -0.159. The Kier molecular flexibility index (Phi) is 3.69. The molecular weight excluding hydrogens is 275 g/mol. The van der Waals surface area contributed by atoms with Crippen LogP contribution in [0.3, 0.4) is 0 Å². The molecular formula is C15H13FN2OS. The number of thioether (sulfide) groups is 1. The third kappa shape index (κ3) is 2.67. The van der Waals surface area contributed by atoms with Crippen molar-refractivity contribution in [2.75, 3.05) is 5.75 Å². The fraction of sp³-hybridized carbons (Fsp3) is 0.200. The van der Waals surface area contributed by atoms with Gasteiger partial charge in [-0.25, -0.2) is 9.37 Å². The molecule has 0 atom stereocenters. The Labute approximate surface area is 120 Å². The number of pyridine rings is 1. The minimum atomic E-state index is -0.380. The van der Waals surface area contributed by atoms with E-state index in [0.717, 1.165) is 11.8 Å². The molecule has 0 saturated heterocycles. The first-order valence-electron chi connectivity index (χ1n) is 6.32. The molecule has 1 aliphatic rings. The van der Waals surface area contributed by atoms with Gasteiger partial charge in [0, 0.05) is 19.3 Å². The normalized spacial score (nSPS) is 13.3. The van der Waals surface area contributed by atoms with Crippen LogP contribution in [0, 0.1) is 5.82 Å². The highest BCUT2D eigenvalue weighted by atomic mass is 32.2. The first-order valence-corrected chi connectivity index (χ1v) is 7.30. The van der Waals surface area contributed by atoms with Crippen LogP contribution in [-0.4, -0.2) is 21.5 Å².